The van der Waals surface area contributed by atoms with E-state index in [1.807, 2.05) is 18.2 Å². The van der Waals surface area contributed by atoms with Crippen LogP contribution < -0.4 is 11.2 Å². The fourth-order valence-corrected chi connectivity index (χ4v) is 2.00. The number of primary amides is 1. The first-order chi connectivity index (χ1) is 6.61. The van der Waals surface area contributed by atoms with Crippen LogP contribution in [0.4, 0.5) is 4.79 Å². The number of amides is 2. The molecule has 2 amide bonds. The number of carbonyl (C=O) groups is 1. The summed E-state index contributed by atoms with van der Waals surface area (Å²) in [5.41, 5.74) is 7.80. The van der Waals surface area contributed by atoms with Gasteiger partial charge in [-0.1, -0.05) is 37.9 Å². The van der Waals surface area contributed by atoms with Gasteiger partial charge in [0.05, 0.1) is 6.21 Å². The summed E-state index contributed by atoms with van der Waals surface area (Å²) < 4.78 is 1.75. The summed E-state index contributed by atoms with van der Waals surface area (Å²) in [6, 6.07) is 4.93. The van der Waals surface area contributed by atoms with Crippen LogP contribution in [-0.2, 0) is 0 Å². The lowest BCUT2D eigenvalue weighted by atomic mass is 10.2. The standard InChI is InChI=1S/C8H7Br2N3O/c9-6-2-1-3-7(10)5(6)4-12-13-8(11)14/h1-4H,(H3,11,13,14). The summed E-state index contributed by atoms with van der Waals surface area (Å²) in [4.78, 5) is 10.3. The Morgan fingerprint density at radius 2 is 2.00 bits per heavy atom. The maximum atomic E-state index is 10.3. The molecule has 14 heavy (non-hydrogen) atoms. The first-order valence-corrected chi connectivity index (χ1v) is 5.22. The molecule has 0 aliphatic heterocycles. The Balaban J connectivity index is 2.85. The van der Waals surface area contributed by atoms with Crippen molar-refractivity contribution < 1.29 is 4.79 Å². The van der Waals surface area contributed by atoms with E-state index in [0.717, 1.165) is 14.5 Å². The van der Waals surface area contributed by atoms with Crippen molar-refractivity contribution in [2.24, 2.45) is 10.8 Å². The molecule has 0 saturated carbocycles. The van der Waals surface area contributed by atoms with Crippen LogP contribution in [-0.4, -0.2) is 12.2 Å². The van der Waals surface area contributed by atoms with Gasteiger partial charge in [-0.3, -0.25) is 0 Å². The van der Waals surface area contributed by atoms with Crippen molar-refractivity contribution in [2.45, 2.75) is 0 Å². The Hall–Kier alpha value is -0.880. The molecule has 1 aromatic rings. The number of urea groups is 1. The number of nitrogens with two attached hydrogens (primary N) is 1. The molecule has 74 valence electrons. The molecule has 6 heteroatoms. The SMILES string of the molecule is NC(=O)NN=Cc1c(Br)cccc1Br. The van der Waals surface area contributed by atoms with Gasteiger partial charge in [0.2, 0.25) is 0 Å². The van der Waals surface area contributed by atoms with Crippen LogP contribution in [0.3, 0.4) is 0 Å². The van der Waals surface area contributed by atoms with Crippen LogP contribution >= 0.6 is 31.9 Å². The molecule has 0 radical (unpaired) electrons. The molecule has 0 unspecified atom stereocenters. The van der Waals surface area contributed by atoms with Gasteiger partial charge >= 0.3 is 6.03 Å². The number of rotatable bonds is 2. The monoisotopic (exact) mass is 319 g/mol. The van der Waals surface area contributed by atoms with Gasteiger partial charge in [0.15, 0.2) is 0 Å². The molecule has 0 aliphatic carbocycles. The maximum absolute atomic E-state index is 10.3. The van der Waals surface area contributed by atoms with Crippen molar-refractivity contribution in [1.82, 2.24) is 5.43 Å². The number of nitrogens with one attached hydrogen (secondary N) is 1. The molecular weight excluding hydrogens is 314 g/mol. The zero-order valence-corrected chi connectivity index (χ0v) is 10.2. The van der Waals surface area contributed by atoms with E-state index in [0.29, 0.717) is 0 Å². The predicted octanol–water partition coefficient (Wildman–Crippen LogP) is 2.21. The lowest BCUT2D eigenvalue weighted by Gasteiger charge is -2.00. The molecule has 0 aliphatic rings. The van der Waals surface area contributed by atoms with E-state index < -0.39 is 6.03 Å². The second-order valence-electron chi connectivity index (χ2n) is 2.37. The minimum absolute atomic E-state index is 0.690. The highest BCUT2D eigenvalue weighted by atomic mass is 79.9. The third-order valence-corrected chi connectivity index (χ3v) is 2.75. The first kappa shape index (κ1) is 11.2. The minimum atomic E-state index is -0.690. The number of hydrogen-bond acceptors (Lipinski definition) is 2. The zero-order valence-electron chi connectivity index (χ0n) is 7.00. The highest BCUT2D eigenvalue weighted by Gasteiger charge is 2.00. The lowest BCUT2D eigenvalue weighted by molar-refractivity contribution is 0.249. The van der Waals surface area contributed by atoms with E-state index >= 15 is 0 Å². The fourth-order valence-electron chi connectivity index (χ4n) is 0.794. The third kappa shape index (κ3) is 3.12. The van der Waals surface area contributed by atoms with Crippen molar-refractivity contribution >= 4 is 44.1 Å². The summed E-state index contributed by atoms with van der Waals surface area (Å²) in [6.07, 6.45) is 1.50. The molecule has 0 heterocycles. The van der Waals surface area contributed by atoms with Crippen LogP contribution in [0.5, 0.6) is 0 Å². The molecule has 0 bridgehead atoms. The minimum Gasteiger partial charge on any atom is -0.350 e. The van der Waals surface area contributed by atoms with Gasteiger partial charge in [-0.05, 0) is 12.1 Å². The van der Waals surface area contributed by atoms with E-state index in [1.165, 1.54) is 6.21 Å². The van der Waals surface area contributed by atoms with E-state index in [4.69, 9.17) is 5.73 Å². The Bertz CT molecular complexity index is 359. The summed E-state index contributed by atoms with van der Waals surface area (Å²) in [5.74, 6) is 0. The van der Waals surface area contributed by atoms with Crippen LogP contribution in [0.1, 0.15) is 5.56 Å². The Kier molecular flexibility index (Phi) is 4.09. The highest BCUT2D eigenvalue weighted by Crippen LogP contribution is 2.22. The van der Waals surface area contributed by atoms with Gasteiger partial charge in [-0.2, -0.15) is 5.10 Å². The molecule has 0 spiro atoms. The zero-order chi connectivity index (χ0) is 10.6. The first-order valence-electron chi connectivity index (χ1n) is 3.64. The van der Waals surface area contributed by atoms with Gasteiger partial charge < -0.3 is 5.73 Å². The number of nitrogens with zero attached hydrogens (tertiary/aromatic N) is 1. The molecule has 0 fully saturated rings. The summed E-state index contributed by atoms with van der Waals surface area (Å²) in [6.45, 7) is 0. The molecular formula is C8H7Br2N3O. The Labute approximate surface area is 97.8 Å². The van der Waals surface area contributed by atoms with Crippen molar-refractivity contribution in [3.63, 3.8) is 0 Å². The molecule has 0 atom stereocenters. The Morgan fingerprint density at radius 3 is 2.50 bits per heavy atom. The average molecular weight is 321 g/mol. The fraction of sp³-hybridized carbons (Fsp3) is 0. The number of halogens is 2. The second kappa shape index (κ2) is 5.11. The van der Waals surface area contributed by atoms with Crippen molar-refractivity contribution in [1.29, 1.82) is 0 Å². The van der Waals surface area contributed by atoms with E-state index in [9.17, 15) is 4.79 Å². The summed E-state index contributed by atoms with van der Waals surface area (Å²) >= 11 is 6.70. The summed E-state index contributed by atoms with van der Waals surface area (Å²) in [5, 5.41) is 3.65. The van der Waals surface area contributed by atoms with Crippen molar-refractivity contribution in [2.75, 3.05) is 0 Å². The Morgan fingerprint density at radius 1 is 1.43 bits per heavy atom. The molecule has 0 saturated heterocycles. The topological polar surface area (TPSA) is 67.5 Å². The smallest absolute Gasteiger partial charge is 0.332 e. The molecule has 1 rings (SSSR count). The predicted molar refractivity (Wildman–Crippen MR) is 62.2 cm³/mol. The van der Waals surface area contributed by atoms with Crippen LogP contribution in [0.25, 0.3) is 0 Å². The molecule has 0 aromatic heterocycles. The van der Waals surface area contributed by atoms with E-state index in [1.54, 1.807) is 0 Å². The third-order valence-electron chi connectivity index (χ3n) is 1.37. The van der Waals surface area contributed by atoms with Gasteiger partial charge in [-0.25, -0.2) is 10.2 Å². The normalized spacial score (nSPS) is 10.4. The van der Waals surface area contributed by atoms with E-state index in [-0.39, 0.29) is 0 Å². The summed E-state index contributed by atoms with van der Waals surface area (Å²) in [7, 11) is 0. The van der Waals surface area contributed by atoms with Crippen molar-refractivity contribution in [3.05, 3.63) is 32.7 Å². The van der Waals surface area contributed by atoms with Gasteiger partial charge in [-0.15, -0.1) is 0 Å². The largest absolute Gasteiger partial charge is 0.350 e. The number of benzene rings is 1. The number of carbonyl (C=O) groups excluding carboxylic acids is 1. The quantitative estimate of drug-likeness (QED) is 0.636. The lowest BCUT2D eigenvalue weighted by Crippen LogP contribution is -2.24. The second-order valence-corrected chi connectivity index (χ2v) is 4.08. The number of hydrogen-bond donors (Lipinski definition) is 2. The molecule has 3 N–H and O–H groups in total. The highest BCUT2D eigenvalue weighted by molar-refractivity contribution is 9.11. The van der Waals surface area contributed by atoms with Gasteiger partial charge in [0, 0.05) is 14.5 Å². The molecule has 1 aromatic carbocycles. The van der Waals surface area contributed by atoms with E-state index in [2.05, 4.69) is 42.4 Å². The maximum Gasteiger partial charge on any atom is 0.332 e. The van der Waals surface area contributed by atoms with Crippen molar-refractivity contribution in [3.8, 4) is 0 Å². The average Bonchev–Trinajstić information content (AvgIpc) is 2.09. The van der Waals surface area contributed by atoms with Gasteiger partial charge in [0.1, 0.15) is 0 Å². The molecule has 4 nitrogen and oxygen atoms in total. The van der Waals surface area contributed by atoms with Crippen LogP contribution in [0, 0.1) is 0 Å². The van der Waals surface area contributed by atoms with Crippen LogP contribution in [0.15, 0.2) is 32.2 Å². The van der Waals surface area contributed by atoms with Gasteiger partial charge in [0.25, 0.3) is 0 Å². The van der Waals surface area contributed by atoms with Crippen LogP contribution in [0.2, 0.25) is 0 Å². The number of hydrazone groups is 1.